The van der Waals surface area contributed by atoms with Crippen molar-refractivity contribution in [3.63, 3.8) is 0 Å². The summed E-state index contributed by atoms with van der Waals surface area (Å²) in [6, 6.07) is 5.23. The molecule has 0 aliphatic carbocycles. The van der Waals surface area contributed by atoms with Crippen molar-refractivity contribution < 1.29 is 29.5 Å². The molecule has 1 fully saturated rings. The lowest BCUT2D eigenvalue weighted by Crippen LogP contribution is -2.71. The largest absolute Gasteiger partial charge is 0.477 e. The first-order valence-corrected chi connectivity index (χ1v) is 8.57. The lowest BCUT2D eigenvalue weighted by atomic mass is 10.0. The topological polar surface area (TPSA) is 128 Å². The Morgan fingerprint density at radius 3 is 2.31 bits per heavy atom. The second-order valence-electron chi connectivity index (χ2n) is 5.80. The van der Waals surface area contributed by atoms with Gasteiger partial charge in [0.05, 0.1) is 17.3 Å². The molecule has 0 radical (unpaired) electrons. The molecule has 0 bridgehead atoms. The Balaban J connectivity index is 1.70. The Labute approximate surface area is 150 Å². The van der Waals surface area contributed by atoms with Gasteiger partial charge in [-0.25, -0.2) is 4.79 Å². The quantitative estimate of drug-likeness (QED) is 0.257. The summed E-state index contributed by atoms with van der Waals surface area (Å²) < 4.78 is 0. The summed E-state index contributed by atoms with van der Waals surface area (Å²) in [7, 11) is 0. The van der Waals surface area contributed by atoms with Crippen molar-refractivity contribution >= 4 is 41.7 Å². The molecule has 1 aromatic carbocycles. The predicted molar refractivity (Wildman–Crippen MR) is 88.8 cm³/mol. The number of thioether (sulfide) groups is 1. The first-order valence-electron chi connectivity index (χ1n) is 7.53. The Bertz CT molecular complexity index is 905. The van der Waals surface area contributed by atoms with E-state index in [1.165, 1.54) is 23.9 Å². The number of aliphatic carboxylic acids is 1. The van der Waals surface area contributed by atoms with Crippen LogP contribution in [0.3, 0.4) is 0 Å². The number of hydrogen-bond acceptors (Lipinski definition) is 7. The van der Waals surface area contributed by atoms with E-state index in [0.717, 1.165) is 16.0 Å². The molecule has 0 saturated carbocycles. The van der Waals surface area contributed by atoms with Crippen molar-refractivity contribution in [1.82, 2.24) is 9.80 Å². The third kappa shape index (κ3) is 2.02. The van der Waals surface area contributed by atoms with E-state index >= 15 is 0 Å². The molecule has 0 unspecified atom stereocenters. The highest BCUT2D eigenvalue weighted by molar-refractivity contribution is 8.00. The normalized spacial score (nSPS) is 24.8. The molecular weight excluding hydrogens is 362 g/mol. The number of imide groups is 1. The van der Waals surface area contributed by atoms with Crippen molar-refractivity contribution in [1.29, 1.82) is 0 Å². The first-order chi connectivity index (χ1) is 12.5. The maximum Gasteiger partial charge on any atom is 0.353 e. The maximum absolute atomic E-state index is 12.7. The van der Waals surface area contributed by atoms with E-state index in [9.17, 15) is 24.3 Å². The van der Waals surface area contributed by atoms with Gasteiger partial charge >= 0.3 is 5.97 Å². The summed E-state index contributed by atoms with van der Waals surface area (Å²) >= 11 is 1.20. The minimum atomic E-state index is -1.35. The minimum absolute atomic E-state index is 0.166. The number of oxime groups is 1. The van der Waals surface area contributed by atoms with Crippen LogP contribution >= 0.6 is 11.8 Å². The van der Waals surface area contributed by atoms with Gasteiger partial charge in [0.15, 0.2) is 0 Å². The number of rotatable bonds is 3. The standard InChI is InChI=1S/C16H11N3O6S/c20-12-8-3-1-2-4-9(8)13(21)18(12)11-14(22)19-10(16(23)24)7(5-17-25)6-26-15(11)19/h1-5,11,15,25H,6H2,(H,23,24)/b17-5-/t11-,15-/m1/s1. The van der Waals surface area contributed by atoms with Gasteiger partial charge in [0, 0.05) is 11.3 Å². The van der Waals surface area contributed by atoms with Crippen LogP contribution < -0.4 is 0 Å². The summed E-state index contributed by atoms with van der Waals surface area (Å²) in [5.41, 5.74) is 0.332. The van der Waals surface area contributed by atoms with E-state index in [4.69, 9.17) is 5.21 Å². The summed E-state index contributed by atoms with van der Waals surface area (Å²) in [6.07, 6.45) is 0.968. The summed E-state index contributed by atoms with van der Waals surface area (Å²) in [5, 5.41) is 20.2. The van der Waals surface area contributed by atoms with Crippen LogP contribution in [-0.4, -0.2) is 67.2 Å². The van der Waals surface area contributed by atoms with Crippen molar-refractivity contribution in [2.24, 2.45) is 5.16 Å². The van der Waals surface area contributed by atoms with E-state index < -0.39 is 35.1 Å². The molecule has 2 N–H and O–H groups in total. The van der Waals surface area contributed by atoms with E-state index in [0.29, 0.717) is 0 Å². The average molecular weight is 373 g/mol. The lowest BCUT2D eigenvalue weighted by molar-refractivity contribution is -0.151. The van der Waals surface area contributed by atoms with Crippen LogP contribution in [0.1, 0.15) is 20.7 Å². The zero-order valence-electron chi connectivity index (χ0n) is 13.0. The number of benzene rings is 1. The van der Waals surface area contributed by atoms with Gasteiger partial charge in [-0.15, -0.1) is 11.8 Å². The van der Waals surface area contributed by atoms with Gasteiger partial charge in [-0.3, -0.25) is 24.2 Å². The fraction of sp³-hybridized carbons (Fsp3) is 0.188. The molecule has 26 heavy (non-hydrogen) atoms. The molecule has 2 atom stereocenters. The van der Waals surface area contributed by atoms with Crippen molar-refractivity contribution in [2.45, 2.75) is 11.4 Å². The SMILES string of the molecule is O=C(O)C1=C(/C=N\O)CS[C@@H]2[C@H](N3C(=O)c4ccccc4C3=O)C(=O)N12. The molecule has 3 amide bonds. The van der Waals surface area contributed by atoms with Crippen LogP contribution in [0.5, 0.6) is 0 Å². The predicted octanol–water partition coefficient (Wildman–Crippen LogP) is 0.365. The third-order valence-corrected chi connectivity index (χ3v) is 5.78. The molecule has 1 saturated heterocycles. The van der Waals surface area contributed by atoms with Crippen molar-refractivity contribution in [3.8, 4) is 0 Å². The van der Waals surface area contributed by atoms with Crippen LogP contribution in [0, 0.1) is 0 Å². The molecule has 0 aromatic heterocycles. The molecule has 10 heteroatoms. The number of carbonyl (C=O) groups is 4. The van der Waals surface area contributed by atoms with E-state index in [2.05, 4.69) is 5.16 Å². The monoisotopic (exact) mass is 373 g/mol. The number of nitrogens with zero attached hydrogens (tertiary/aromatic N) is 3. The first kappa shape index (κ1) is 16.3. The smallest absolute Gasteiger partial charge is 0.353 e. The Morgan fingerprint density at radius 1 is 1.15 bits per heavy atom. The van der Waals surface area contributed by atoms with Gasteiger partial charge in [-0.05, 0) is 12.1 Å². The van der Waals surface area contributed by atoms with Gasteiger partial charge in [0.1, 0.15) is 17.1 Å². The molecule has 3 heterocycles. The van der Waals surface area contributed by atoms with Crippen LogP contribution in [0.4, 0.5) is 0 Å². The Kier molecular flexibility index (Phi) is 3.58. The summed E-state index contributed by atoms with van der Waals surface area (Å²) in [6.45, 7) is 0. The fourth-order valence-electron chi connectivity index (χ4n) is 3.36. The van der Waals surface area contributed by atoms with Gasteiger partial charge in [-0.2, -0.15) is 0 Å². The van der Waals surface area contributed by atoms with Crippen LogP contribution in [-0.2, 0) is 9.59 Å². The third-order valence-electron chi connectivity index (χ3n) is 4.49. The molecule has 0 spiro atoms. The van der Waals surface area contributed by atoms with Crippen molar-refractivity contribution in [2.75, 3.05) is 5.75 Å². The highest BCUT2D eigenvalue weighted by Gasteiger charge is 2.59. The second kappa shape index (κ2) is 5.70. The molecule has 4 rings (SSSR count). The molecular formula is C16H11N3O6S. The van der Waals surface area contributed by atoms with E-state index in [-0.39, 0.29) is 28.1 Å². The number of carbonyl (C=O) groups excluding carboxylic acids is 3. The molecule has 3 aliphatic rings. The van der Waals surface area contributed by atoms with Gasteiger partial charge in [-0.1, -0.05) is 17.3 Å². The summed E-state index contributed by atoms with van der Waals surface area (Å²) in [4.78, 5) is 51.3. The Hall–Kier alpha value is -3.14. The zero-order valence-corrected chi connectivity index (χ0v) is 13.8. The number of carboxylic acids is 1. The number of amides is 3. The summed E-state index contributed by atoms with van der Waals surface area (Å²) in [5.74, 6) is -2.96. The van der Waals surface area contributed by atoms with Crippen molar-refractivity contribution in [3.05, 3.63) is 46.7 Å². The van der Waals surface area contributed by atoms with E-state index in [1.54, 1.807) is 12.1 Å². The fourth-order valence-corrected chi connectivity index (χ4v) is 4.70. The molecule has 1 aromatic rings. The number of fused-ring (bicyclic) bond motifs is 2. The maximum atomic E-state index is 12.7. The highest BCUT2D eigenvalue weighted by Crippen LogP contribution is 2.43. The molecule has 9 nitrogen and oxygen atoms in total. The minimum Gasteiger partial charge on any atom is -0.477 e. The lowest BCUT2D eigenvalue weighted by Gasteiger charge is -2.51. The van der Waals surface area contributed by atoms with E-state index in [1.807, 2.05) is 0 Å². The molecule has 132 valence electrons. The van der Waals surface area contributed by atoms with Gasteiger partial charge in [0.25, 0.3) is 17.7 Å². The number of hydrogen-bond donors (Lipinski definition) is 2. The number of carboxylic acid groups (broad SMARTS) is 1. The van der Waals surface area contributed by atoms with Gasteiger partial charge in [0.2, 0.25) is 0 Å². The Morgan fingerprint density at radius 2 is 1.77 bits per heavy atom. The van der Waals surface area contributed by atoms with Crippen LogP contribution in [0.15, 0.2) is 40.7 Å². The highest BCUT2D eigenvalue weighted by atomic mass is 32.2. The second-order valence-corrected chi connectivity index (χ2v) is 6.91. The zero-order chi connectivity index (χ0) is 18.6. The molecule has 3 aliphatic heterocycles. The number of β-lactam (4-membered cyclic amide) rings is 1. The van der Waals surface area contributed by atoms with Crippen LogP contribution in [0.25, 0.3) is 0 Å². The van der Waals surface area contributed by atoms with Gasteiger partial charge < -0.3 is 10.3 Å². The van der Waals surface area contributed by atoms with Crippen LogP contribution in [0.2, 0.25) is 0 Å². The average Bonchev–Trinajstić information content (AvgIpc) is 2.87.